The molecular formula is C11H14N4O2S. The van der Waals surface area contributed by atoms with E-state index >= 15 is 0 Å². The van der Waals surface area contributed by atoms with Gasteiger partial charge in [-0.3, -0.25) is 0 Å². The monoisotopic (exact) mass is 266 g/mol. The summed E-state index contributed by atoms with van der Waals surface area (Å²) in [6.07, 6.45) is 3.94. The Morgan fingerprint density at radius 2 is 2.22 bits per heavy atom. The van der Waals surface area contributed by atoms with Crippen LogP contribution in [0.2, 0.25) is 0 Å². The topological polar surface area (TPSA) is 90.4 Å². The molecule has 0 spiro atoms. The minimum Gasteiger partial charge on any atom is -0.396 e. The number of sulfone groups is 1. The van der Waals surface area contributed by atoms with E-state index in [1.54, 1.807) is 18.3 Å². The summed E-state index contributed by atoms with van der Waals surface area (Å²) >= 11 is 0. The third kappa shape index (κ3) is 1.74. The Hall–Kier alpha value is -1.63. The van der Waals surface area contributed by atoms with Crippen LogP contribution in [-0.2, 0) is 9.84 Å². The van der Waals surface area contributed by atoms with Crippen molar-refractivity contribution in [3.8, 4) is 0 Å². The summed E-state index contributed by atoms with van der Waals surface area (Å²) in [6, 6.07) is 3.49. The van der Waals surface area contributed by atoms with Crippen LogP contribution in [-0.4, -0.2) is 28.8 Å². The summed E-state index contributed by atoms with van der Waals surface area (Å²) in [5.74, 6) is 0.593. The van der Waals surface area contributed by atoms with Crippen LogP contribution in [0.5, 0.6) is 0 Å². The summed E-state index contributed by atoms with van der Waals surface area (Å²) in [4.78, 5) is 4.28. The van der Waals surface area contributed by atoms with Crippen molar-refractivity contribution in [3.63, 3.8) is 0 Å². The molecule has 0 bridgehead atoms. The fraction of sp³-hybridized carbons (Fsp3) is 0.455. The van der Waals surface area contributed by atoms with Gasteiger partial charge in [0.15, 0.2) is 21.3 Å². The highest BCUT2D eigenvalue weighted by Crippen LogP contribution is 2.31. The number of fused-ring (bicyclic) bond motifs is 1. The summed E-state index contributed by atoms with van der Waals surface area (Å²) in [5.41, 5.74) is 6.82. The second kappa shape index (κ2) is 3.94. The molecule has 1 atom stereocenters. The minimum absolute atomic E-state index is 0.225. The summed E-state index contributed by atoms with van der Waals surface area (Å²) in [6.45, 7) is 0. The second-order valence-electron chi connectivity index (χ2n) is 4.55. The number of nitrogen functional groups attached to an aromatic ring is 1. The summed E-state index contributed by atoms with van der Waals surface area (Å²) in [5, 5.41) is 3.66. The Bertz CT molecular complexity index is 692. The van der Waals surface area contributed by atoms with E-state index in [1.807, 2.05) is 0 Å². The molecule has 1 aliphatic heterocycles. The molecule has 0 radical (unpaired) electrons. The molecule has 3 heterocycles. The van der Waals surface area contributed by atoms with Crippen molar-refractivity contribution in [2.45, 2.75) is 24.5 Å². The quantitative estimate of drug-likeness (QED) is 0.830. The Balaban J connectivity index is 2.12. The molecule has 3 rings (SSSR count). The molecule has 0 aliphatic carbocycles. The van der Waals surface area contributed by atoms with E-state index in [1.165, 1.54) is 4.52 Å². The molecule has 1 unspecified atom stereocenters. The molecule has 0 aromatic carbocycles. The highest BCUT2D eigenvalue weighted by molar-refractivity contribution is 7.91. The van der Waals surface area contributed by atoms with Crippen molar-refractivity contribution in [3.05, 3.63) is 24.2 Å². The normalized spacial score (nSPS) is 23.2. The molecule has 2 aromatic rings. The van der Waals surface area contributed by atoms with E-state index in [0.717, 1.165) is 12.8 Å². The van der Waals surface area contributed by atoms with Gasteiger partial charge < -0.3 is 5.73 Å². The van der Waals surface area contributed by atoms with E-state index in [9.17, 15) is 8.42 Å². The van der Waals surface area contributed by atoms with E-state index < -0.39 is 15.1 Å². The summed E-state index contributed by atoms with van der Waals surface area (Å²) < 4.78 is 25.6. The first-order valence-corrected chi connectivity index (χ1v) is 7.62. The van der Waals surface area contributed by atoms with Gasteiger partial charge in [-0.2, -0.15) is 0 Å². The van der Waals surface area contributed by atoms with E-state index in [-0.39, 0.29) is 5.75 Å². The van der Waals surface area contributed by atoms with Crippen LogP contribution >= 0.6 is 0 Å². The van der Waals surface area contributed by atoms with Crippen LogP contribution < -0.4 is 5.73 Å². The molecule has 96 valence electrons. The molecule has 18 heavy (non-hydrogen) atoms. The first-order valence-electron chi connectivity index (χ1n) is 5.90. The zero-order valence-corrected chi connectivity index (χ0v) is 10.6. The number of anilines is 1. The van der Waals surface area contributed by atoms with Gasteiger partial charge in [-0.05, 0) is 25.0 Å². The standard InChI is InChI=1S/C11H14N4O2S/c12-8-4-3-6-15-11(8)13-10(14-15)9-5-1-2-7-18(9,16)17/h3-4,6,9H,1-2,5,7,12H2. The molecule has 0 saturated carbocycles. The van der Waals surface area contributed by atoms with Gasteiger partial charge in [-0.15, -0.1) is 5.10 Å². The van der Waals surface area contributed by atoms with Crippen LogP contribution in [0.4, 0.5) is 5.69 Å². The maximum absolute atomic E-state index is 12.0. The largest absolute Gasteiger partial charge is 0.396 e. The second-order valence-corrected chi connectivity index (χ2v) is 6.86. The lowest BCUT2D eigenvalue weighted by molar-refractivity contribution is 0.538. The summed E-state index contributed by atoms with van der Waals surface area (Å²) in [7, 11) is -3.12. The average Bonchev–Trinajstić information content (AvgIpc) is 2.73. The fourth-order valence-electron chi connectivity index (χ4n) is 2.32. The van der Waals surface area contributed by atoms with E-state index in [2.05, 4.69) is 10.1 Å². The molecular weight excluding hydrogens is 252 g/mol. The zero-order valence-electron chi connectivity index (χ0n) is 9.78. The lowest BCUT2D eigenvalue weighted by Crippen LogP contribution is -2.22. The molecule has 1 aliphatic rings. The third-order valence-corrected chi connectivity index (χ3v) is 5.45. The lowest BCUT2D eigenvalue weighted by atomic mass is 10.2. The maximum atomic E-state index is 12.0. The van der Waals surface area contributed by atoms with Gasteiger partial charge in [0, 0.05) is 6.20 Å². The molecule has 1 fully saturated rings. The molecule has 1 saturated heterocycles. The van der Waals surface area contributed by atoms with Gasteiger partial charge in [0.2, 0.25) is 0 Å². The number of hydrogen-bond donors (Lipinski definition) is 1. The number of aromatic nitrogens is 3. The molecule has 7 heteroatoms. The maximum Gasteiger partial charge on any atom is 0.178 e. The third-order valence-electron chi connectivity index (χ3n) is 3.28. The molecule has 6 nitrogen and oxygen atoms in total. The van der Waals surface area contributed by atoms with Gasteiger partial charge in [-0.25, -0.2) is 17.9 Å². The van der Waals surface area contributed by atoms with Crippen molar-refractivity contribution in [1.29, 1.82) is 0 Å². The first-order chi connectivity index (χ1) is 8.58. The van der Waals surface area contributed by atoms with Gasteiger partial charge in [0.05, 0.1) is 11.4 Å². The van der Waals surface area contributed by atoms with Crippen molar-refractivity contribution in [2.75, 3.05) is 11.5 Å². The number of nitrogens with zero attached hydrogens (tertiary/aromatic N) is 3. The Morgan fingerprint density at radius 3 is 2.94 bits per heavy atom. The van der Waals surface area contributed by atoms with Crippen molar-refractivity contribution in [2.24, 2.45) is 0 Å². The zero-order chi connectivity index (χ0) is 12.8. The van der Waals surface area contributed by atoms with E-state index in [4.69, 9.17) is 5.73 Å². The minimum atomic E-state index is -3.12. The Labute approximate surface area is 105 Å². The van der Waals surface area contributed by atoms with Crippen LogP contribution in [0.3, 0.4) is 0 Å². The Morgan fingerprint density at radius 1 is 1.39 bits per heavy atom. The molecule has 2 aromatic heterocycles. The van der Waals surface area contributed by atoms with Crippen LogP contribution in [0.25, 0.3) is 5.65 Å². The number of rotatable bonds is 1. The van der Waals surface area contributed by atoms with Gasteiger partial charge in [0.25, 0.3) is 0 Å². The highest BCUT2D eigenvalue weighted by atomic mass is 32.2. The van der Waals surface area contributed by atoms with Crippen LogP contribution in [0.1, 0.15) is 30.3 Å². The van der Waals surface area contributed by atoms with Crippen molar-refractivity contribution < 1.29 is 8.42 Å². The fourth-order valence-corrected chi connectivity index (χ4v) is 4.16. The smallest absolute Gasteiger partial charge is 0.178 e. The van der Waals surface area contributed by atoms with Crippen LogP contribution in [0.15, 0.2) is 18.3 Å². The Kier molecular flexibility index (Phi) is 2.51. The number of hydrogen-bond acceptors (Lipinski definition) is 5. The number of pyridine rings is 1. The lowest BCUT2D eigenvalue weighted by Gasteiger charge is -2.19. The van der Waals surface area contributed by atoms with Gasteiger partial charge >= 0.3 is 0 Å². The predicted molar refractivity (Wildman–Crippen MR) is 67.8 cm³/mol. The molecule has 0 amide bonds. The first kappa shape index (κ1) is 11.5. The average molecular weight is 266 g/mol. The van der Waals surface area contributed by atoms with Crippen molar-refractivity contribution >= 4 is 21.2 Å². The molecule has 2 N–H and O–H groups in total. The van der Waals surface area contributed by atoms with E-state index in [0.29, 0.717) is 23.6 Å². The van der Waals surface area contributed by atoms with Gasteiger partial charge in [-0.1, -0.05) is 6.42 Å². The predicted octanol–water partition coefficient (Wildman–Crippen LogP) is 0.951. The van der Waals surface area contributed by atoms with Crippen LogP contribution in [0, 0.1) is 0 Å². The highest BCUT2D eigenvalue weighted by Gasteiger charge is 2.33. The van der Waals surface area contributed by atoms with Gasteiger partial charge in [0.1, 0.15) is 5.25 Å². The number of nitrogens with two attached hydrogens (primary N) is 1. The SMILES string of the molecule is Nc1cccn2nc(C3CCCCS3(=O)=O)nc12. The van der Waals surface area contributed by atoms with Crippen molar-refractivity contribution in [1.82, 2.24) is 14.6 Å².